The topological polar surface area (TPSA) is 0 Å². The van der Waals surface area contributed by atoms with Crippen molar-refractivity contribution < 1.29 is 0 Å². The highest BCUT2D eigenvalue weighted by atomic mass is 14.2. The summed E-state index contributed by atoms with van der Waals surface area (Å²) in [7, 11) is 5.74. The molecule has 0 aromatic heterocycles. The Labute approximate surface area is 81.1 Å². The highest BCUT2D eigenvalue weighted by molar-refractivity contribution is 6.32. The third-order valence-electron chi connectivity index (χ3n) is 2.76. The molecule has 0 bridgehead atoms. The van der Waals surface area contributed by atoms with Crippen molar-refractivity contribution in [3.63, 3.8) is 0 Å². The third-order valence-corrected chi connectivity index (χ3v) is 2.76. The van der Waals surface area contributed by atoms with Gasteiger partial charge in [0.2, 0.25) is 0 Å². The first-order valence-corrected chi connectivity index (χ1v) is 4.78. The van der Waals surface area contributed by atoms with E-state index in [-0.39, 0.29) is 0 Å². The molecule has 1 aromatic carbocycles. The van der Waals surface area contributed by atoms with Crippen LogP contribution in [-0.4, -0.2) is 7.85 Å². The van der Waals surface area contributed by atoms with Crippen LogP contribution in [0, 0.1) is 0 Å². The molecule has 1 unspecified atom stereocenters. The molecular weight excluding hydrogens is 155 g/mol. The fourth-order valence-corrected chi connectivity index (χ4v) is 2.03. The van der Waals surface area contributed by atoms with E-state index < -0.39 is 0 Å². The largest absolute Gasteiger partial charge is 0.113 e. The zero-order valence-corrected chi connectivity index (χ0v) is 7.79. The van der Waals surface area contributed by atoms with Crippen LogP contribution in [0.2, 0.25) is 0 Å². The standard InChI is InChI=1S/C12H13B/c1-9-5-6-11(7-9)10-3-2-4-12(13)8-10/h2-4,8,11H,1,5-7H2. The molecule has 1 aromatic rings. The minimum Gasteiger partial charge on any atom is -0.0998 e. The summed E-state index contributed by atoms with van der Waals surface area (Å²) in [5, 5.41) is 0. The van der Waals surface area contributed by atoms with Gasteiger partial charge in [-0.25, -0.2) is 0 Å². The monoisotopic (exact) mass is 168 g/mol. The highest BCUT2D eigenvalue weighted by Gasteiger charge is 2.19. The summed E-state index contributed by atoms with van der Waals surface area (Å²) in [6.07, 6.45) is 3.56. The highest BCUT2D eigenvalue weighted by Crippen LogP contribution is 2.36. The van der Waals surface area contributed by atoms with Gasteiger partial charge in [0.05, 0.1) is 0 Å². The van der Waals surface area contributed by atoms with Gasteiger partial charge in [-0.2, -0.15) is 0 Å². The van der Waals surface area contributed by atoms with E-state index in [1.807, 2.05) is 12.1 Å². The van der Waals surface area contributed by atoms with Gasteiger partial charge in [0.15, 0.2) is 0 Å². The average molecular weight is 168 g/mol. The van der Waals surface area contributed by atoms with Crippen LogP contribution in [0.3, 0.4) is 0 Å². The van der Waals surface area contributed by atoms with Gasteiger partial charge in [-0.1, -0.05) is 41.9 Å². The zero-order valence-electron chi connectivity index (χ0n) is 7.79. The molecule has 0 aliphatic heterocycles. The SMILES string of the molecule is [B]c1cccc(C2CCC(=C)C2)c1. The van der Waals surface area contributed by atoms with Gasteiger partial charge < -0.3 is 0 Å². The van der Waals surface area contributed by atoms with Crippen LogP contribution in [0.15, 0.2) is 36.4 Å². The van der Waals surface area contributed by atoms with E-state index in [1.54, 1.807) is 0 Å². The van der Waals surface area contributed by atoms with Crippen molar-refractivity contribution in [2.24, 2.45) is 0 Å². The van der Waals surface area contributed by atoms with E-state index in [0.717, 1.165) is 11.9 Å². The summed E-state index contributed by atoms with van der Waals surface area (Å²) in [4.78, 5) is 0. The molecule has 0 saturated heterocycles. The summed E-state index contributed by atoms with van der Waals surface area (Å²) in [6.45, 7) is 4.02. The van der Waals surface area contributed by atoms with Crippen LogP contribution in [0.5, 0.6) is 0 Å². The van der Waals surface area contributed by atoms with Gasteiger partial charge in [0.1, 0.15) is 7.85 Å². The Balaban J connectivity index is 2.21. The van der Waals surface area contributed by atoms with Gasteiger partial charge in [-0.3, -0.25) is 0 Å². The lowest BCUT2D eigenvalue weighted by Crippen LogP contribution is -2.04. The first kappa shape index (κ1) is 8.62. The van der Waals surface area contributed by atoms with Gasteiger partial charge in [-0.05, 0) is 30.7 Å². The molecule has 1 aliphatic carbocycles. The van der Waals surface area contributed by atoms with Crippen LogP contribution in [0.25, 0.3) is 0 Å². The van der Waals surface area contributed by atoms with E-state index >= 15 is 0 Å². The van der Waals surface area contributed by atoms with E-state index in [1.165, 1.54) is 24.0 Å². The quantitative estimate of drug-likeness (QED) is 0.445. The summed E-state index contributed by atoms with van der Waals surface area (Å²) >= 11 is 0. The van der Waals surface area contributed by atoms with Crippen LogP contribution >= 0.6 is 0 Å². The second-order valence-corrected chi connectivity index (χ2v) is 3.86. The second kappa shape index (κ2) is 3.41. The number of hydrogen-bond acceptors (Lipinski definition) is 0. The lowest BCUT2D eigenvalue weighted by molar-refractivity contribution is 0.731. The van der Waals surface area contributed by atoms with Crippen molar-refractivity contribution in [1.82, 2.24) is 0 Å². The fraction of sp³-hybridized carbons (Fsp3) is 0.333. The van der Waals surface area contributed by atoms with Crippen LogP contribution in [0.4, 0.5) is 0 Å². The molecular formula is C12H13B. The van der Waals surface area contributed by atoms with Crippen molar-refractivity contribution in [2.45, 2.75) is 25.2 Å². The summed E-state index contributed by atoms with van der Waals surface area (Å²) in [6, 6.07) is 8.22. The maximum absolute atomic E-state index is 5.74. The summed E-state index contributed by atoms with van der Waals surface area (Å²) < 4.78 is 0. The molecule has 1 atom stereocenters. The van der Waals surface area contributed by atoms with Crippen LogP contribution in [0.1, 0.15) is 30.7 Å². The molecule has 64 valence electrons. The molecule has 0 N–H and O–H groups in total. The van der Waals surface area contributed by atoms with E-state index in [2.05, 4.69) is 18.7 Å². The average Bonchev–Trinajstić information content (AvgIpc) is 2.52. The minimum absolute atomic E-state index is 0.663. The maximum atomic E-state index is 5.74. The van der Waals surface area contributed by atoms with Gasteiger partial charge >= 0.3 is 0 Å². The van der Waals surface area contributed by atoms with Crippen molar-refractivity contribution in [3.8, 4) is 0 Å². The maximum Gasteiger partial charge on any atom is 0.113 e. The number of hydrogen-bond donors (Lipinski definition) is 0. The Bertz CT molecular complexity index is 328. The molecule has 1 aliphatic rings. The lowest BCUT2D eigenvalue weighted by atomic mass is 9.89. The molecule has 1 saturated carbocycles. The van der Waals surface area contributed by atoms with Crippen molar-refractivity contribution >= 4 is 13.3 Å². The van der Waals surface area contributed by atoms with E-state index in [9.17, 15) is 0 Å². The first-order chi connectivity index (χ1) is 6.25. The zero-order chi connectivity index (χ0) is 9.26. The molecule has 13 heavy (non-hydrogen) atoms. The molecule has 1 heteroatoms. The molecule has 0 nitrogen and oxygen atoms in total. The number of allylic oxidation sites excluding steroid dienone is 1. The van der Waals surface area contributed by atoms with Crippen molar-refractivity contribution in [1.29, 1.82) is 0 Å². The lowest BCUT2D eigenvalue weighted by Gasteiger charge is -2.09. The predicted molar refractivity (Wildman–Crippen MR) is 57.6 cm³/mol. The summed E-state index contributed by atoms with van der Waals surface area (Å²) in [5.41, 5.74) is 3.63. The number of rotatable bonds is 1. The Morgan fingerprint density at radius 2 is 2.23 bits per heavy atom. The van der Waals surface area contributed by atoms with Gasteiger partial charge in [0.25, 0.3) is 0 Å². The van der Waals surface area contributed by atoms with Crippen molar-refractivity contribution in [2.75, 3.05) is 0 Å². The van der Waals surface area contributed by atoms with Gasteiger partial charge in [0, 0.05) is 0 Å². The Morgan fingerprint density at radius 3 is 2.85 bits per heavy atom. The smallest absolute Gasteiger partial charge is 0.0998 e. The Morgan fingerprint density at radius 1 is 1.38 bits per heavy atom. The Hall–Kier alpha value is -0.975. The number of benzene rings is 1. The Kier molecular flexibility index (Phi) is 2.26. The second-order valence-electron chi connectivity index (χ2n) is 3.86. The van der Waals surface area contributed by atoms with E-state index in [4.69, 9.17) is 7.85 Å². The van der Waals surface area contributed by atoms with Gasteiger partial charge in [-0.15, -0.1) is 0 Å². The molecule has 0 amide bonds. The summed E-state index contributed by atoms with van der Waals surface area (Å²) in [5.74, 6) is 0.663. The van der Waals surface area contributed by atoms with E-state index in [0.29, 0.717) is 5.92 Å². The predicted octanol–water partition coefficient (Wildman–Crippen LogP) is 2.30. The normalized spacial score (nSPS) is 22.2. The molecule has 0 heterocycles. The first-order valence-electron chi connectivity index (χ1n) is 4.78. The molecule has 2 rings (SSSR count). The van der Waals surface area contributed by atoms with Crippen molar-refractivity contribution in [3.05, 3.63) is 42.0 Å². The van der Waals surface area contributed by atoms with Crippen LogP contribution < -0.4 is 5.46 Å². The molecule has 2 radical (unpaired) electrons. The van der Waals surface area contributed by atoms with Crippen LogP contribution in [-0.2, 0) is 0 Å². The minimum atomic E-state index is 0.663. The molecule has 1 fully saturated rings. The fourth-order valence-electron chi connectivity index (χ4n) is 2.03. The molecule has 0 spiro atoms. The third kappa shape index (κ3) is 1.85.